The molecule has 0 aliphatic rings. The Morgan fingerprint density at radius 1 is 1.26 bits per heavy atom. The van der Waals surface area contributed by atoms with Crippen LogP contribution in [0.2, 0.25) is 0 Å². The Morgan fingerprint density at radius 3 is 2.67 bits per heavy atom. The highest BCUT2D eigenvalue weighted by Crippen LogP contribution is 2.05. The van der Waals surface area contributed by atoms with E-state index in [0.717, 1.165) is 18.7 Å². The molecule has 1 heterocycles. The summed E-state index contributed by atoms with van der Waals surface area (Å²) in [6.45, 7) is 5.92. The minimum absolute atomic E-state index is 0.0123. The molecule has 0 aliphatic carbocycles. The molecule has 1 aromatic heterocycles. The highest BCUT2D eigenvalue weighted by molar-refractivity contribution is 7.90. The Labute approximate surface area is 161 Å². The first-order valence-corrected chi connectivity index (χ1v) is 11.2. The number of aliphatic imine (C=N–C) groups is 1. The maximum Gasteiger partial charge on any atom is 0.191 e. The molecule has 7 nitrogen and oxygen atoms in total. The van der Waals surface area contributed by atoms with Gasteiger partial charge in [0.05, 0.1) is 25.0 Å². The lowest BCUT2D eigenvalue weighted by Gasteiger charge is -2.17. The molecule has 0 saturated heterocycles. The highest BCUT2D eigenvalue weighted by atomic mass is 32.2. The lowest BCUT2D eigenvalue weighted by atomic mass is 10.2. The van der Waals surface area contributed by atoms with Gasteiger partial charge >= 0.3 is 0 Å². The quantitative estimate of drug-likeness (QED) is 0.503. The third-order valence-electron chi connectivity index (χ3n) is 3.94. The molecule has 27 heavy (non-hydrogen) atoms. The van der Waals surface area contributed by atoms with Gasteiger partial charge < -0.3 is 10.6 Å². The van der Waals surface area contributed by atoms with Gasteiger partial charge in [-0.15, -0.1) is 0 Å². The molecule has 1 atom stereocenters. The minimum atomic E-state index is -2.96. The average molecular weight is 392 g/mol. The molecule has 2 rings (SSSR count). The summed E-state index contributed by atoms with van der Waals surface area (Å²) >= 11 is 0. The number of benzene rings is 1. The number of nitrogens with zero attached hydrogens (tertiary/aromatic N) is 3. The van der Waals surface area contributed by atoms with E-state index in [1.165, 1.54) is 11.8 Å². The zero-order valence-corrected chi connectivity index (χ0v) is 17.0. The third-order valence-corrected chi connectivity index (χ3v) is 4.92. The monoisotopic (exact) mass is 391 g/mol. The van der Waals surface area contributed by atoms with Crippen LogP contribution in [0.1, 0.15) is 31.4 Å². The van der Waals surface area contributed by atoms with E-state index >= 15 is 0 Å². The van der Waals surface area contributed by atoms with E-state index in [4.69, 9.17) is 0 Å². The summed E-state index contributed by atoms with van der Waals surface area (Å²) in [5.74, 6) is 0.835. The number of guanidine groups is 1. The lowest BCUT2D eigenvalue weighted by molar-refractivity contribution is 0.581. The van der Waals surface area contributed by atoms with Crippen LogP contribution in [0.15, 0.2) is 47.7 Å². The molecule has 2 aromatic rings. The van der Waals surface area contributed by atoms with Crippen LogP contribution >= 0.6 is 0 Å². The van der Waals surface area contributed by atoms with E-state index in [9.17, 15) is 8.42 Å². The van der Waals surface area contributed by atoms with Gasteiger partial charge in [0, 0.05) is 30.6 Å². The fourth-order valence-corrected chi connectivity index (χ4v) is 3.31. The standard InChI is InChI=1S/C19H29N5O2S/c1-4-20-19(23-16(2)10-11-27(3,25)26)21-12-18-13-22-24(15-18)14-17-8-6-5-7-9-17/h5-9,13,15-16H,4,10-12,14H2,1-3H3,(H2,20,21,23). The van der Waals surface area contributed by atoms with E-state index in [1.54, 1.807) is 0 Å². The largest absolute Gasteiger partial charge is 0.357 e. The fourth-order valence-electron chi connectivity index (χ4n) is 2.53. The minimum Gasteiger partial charge on any atom is -0.357 e. The van der Waals surface area contributed by atoms with Gasteiger partial charge in [-0.2, -0.15) is 5.10 Å². The molecule has 1 unspecified atom stereocenters. The normalized spacial score (nSPS) is 13.4. The fraction of sp³-hybridized carbons (Fsp3) is 0.474. The second-order valence-corrected chi connectivity index (χ2v) is 8.95. The van der Waals surface area contributed by atoms with E-state index < -0.39 is 9.84 Å². The summed E-state index contributed by atoms with van der Waals surface area (Å²) < 4.78 is 24.5. The van der Waals surface area contributed by atoms with E-state index in [1.807, 2.05) is 49.1 Å². The topological polar surface area (TPSA) is 88.4 Å². The summed E-state index contributed by atoms with van der Waals surface area (Å²) in [7, 11) is -2.96. The molecular formula is C19H29N5O2S. The van der Waals surface area contributed by atoms with Crippen LogP contribution in [0.3, 0.4) is 0 Å². The number of aromatic nitrogens is 2. The summed E-state index contributed by atoms with van der Waals surface area (Å²) in [6, 6.07) is 10.2. The number of hydrogen-bond acceptors (Lipinski definition) is 4. The molecule has 1 aromatic carbocycles. The Morgan fingerprint density at radius 2 is 2.00 bits per heavy atom. The molecule has 0 amide bonds. The predicted molar refractivity (Wildman–Crippen MR) is 110 cm³/mol. The Balaban J connectivity index is 1.92. The average Bonchev–Trinajstić information content (AvgIpc) is 3.06. The van der Waals surface area contributed by atoms with Crippen molar-refractivity contribution in [3.63, 3.8) is 0 Å². The number of sulfone groups is 1. The smallest absolute Gasteiger partial charge is 0.191 e. The van der Waals surface area contributed by atoms with Gasteiger partial charge in [0.25, 0.3) is 0 Å². The van der Waals surface area contributed by atoms with Crippen molar-refractivity contribution in [1.29, 1.82) is 0 Å². The van der Waals surface area contributed by atoms with E-state index in [-0.39, 0.29) is 11.8 Å². The molecule has 2 N–H and O–H groups in total. The van der Waals surface area contributed by atoms with Gasteiger partial charge in [-0.1, -0.05) is 30.3 Å². The van der Waals surface area contributed by atoms with Crippen molar-refractivity contribution >= 4 is 15.8 Å². The molecule has 148 valence electrons. The van der Waals surface area contributed by atoms with Gasteiger partial charge in [0.1, 0.15) is 9.84 Å². The second-order valence-electron chi connectivity index (χ2n) is 6.69. The Kier molecular flexibility index (Phi) is 7.84. The first-order chi connectivity index (χ1) is 12.9. The van der Waals surface area contributed by atoms with Gasteiger partial charge in [-0.05, 0) is 25.8 Å². The lowest BCUT2D eigenvalue weighted by Crippen LogP contribution is -2.42. The van der Waals surface area contributed by atoms with Crippen molar-refractivity contribution in [3.05, 3.63) is 53.9 Å². The van der Waals surface area contributed by atoms with Crippen molar-refractivity contribution in [3.8, 4) is 0 Å². The number of hydrogen-bond donors (Lipinski definition) is 2. The predicted octanol–water partition coefficient (Wildman–Crippen LogP) is 1.81. The Bertz CT molecular complexity index is 831. The van der Waals surface area contributed by atoms with Crippen LogP contribution in [0.25, 0.3) is 0 Å². The van der Waals surface area contributed by atoms with Crippen LogP contribution in [-0.4, -0.2) is 48.8 Å². The summed E-state index contributed by atoms with van der Waals surface area (Å²) in [4.78, 5) is 4.58. The first kappa shape index (κ1) is 21.0. The maximum absolute atomic E-state index is 11.3. The Hall–Kier alpha value is -2.35. The van der Waals surface area contributed by atoms with Crippen molar-refractivity contribution in [2.75, 3.05) is 18.6 Å². The summed E-state index contributed by atoms with van der Waals surface area (Å²) in [6.07, 6.45) is 5.61. The van der Waals surface area contributed by atoms with E-state index in [0.29, 0.717) is 18.9 Å². The van der Waals surface area contributed by atoms with Crippen molar-refractivity contribution in [2.45, 2.75) is 39.4 Å². The van der Waals surface area contributed by atoms with Crippen LogP contribution in [0.4, 0.5) is 0 Å². The number of nitrogens with one attached hydrogen (secondary N) is 2. The molecule has 0 spiro atoms. The zero-order chi connectivity index (χ0) is 19.7. The van der Waals surface area contributed by atoms with Crippen molar-refractivity contribution < 1.29 is 8.42 Å². The van der Waals surface area contributed by atoms with Gasteiger partial charge in [-0.3, -0.25) is 4.68 Å². The molecule has 0 saturated carbocycles. The molecule has 0 bridgehead atoms. The SMILES string of the molecule is CCNC(=NCc1cnn(Cc2ccccc2)c1)NC(C)CCS(C)(=O)=O. The summed E-state index contributed by atoms with van der Waals surface area (Å²) in [5, 5.41) is 10.8. The summed E-state index contributed by atoms with van der Waals surface area (Å²) in [5.41, 5.74) is 2.22. The molecular weight excluding hydrogens is 362 g/mol. The van der Waals surface area contributed by atoms with Crippen LogP contribution in [0, 0.1) is 0 Å². The van der Waals surface area contributed by atoms with Gasteiger partial charge in [-0.25, -0.2) is 13.4 Å². The molecule has 0 radical (unpaired) electrons. The molecule has 8 heteroatoms. The highest BCUT2D eigenvalue weighted by Gasteiger charge is 2.09. The molecule has 0 aliphatic heterocycles. The second kappa shape index (κ2) is 10.1. The van der Waals surface area contributed by atoms with Crippen molar-refractivity contribution in [1.82, 2.24) is 20.4 Å². The third kappa shape index (κ3) is 8.25. The maximum atomic E-state index is 11.3. The van der Waals surface area contributed by atoms with Crippen LogP contribution in [0.5, 0.6) is 0 Å². The molecule has 0 fully saturated rings. The van der Waals surface area contributed by atoms with Gasteiger partial charge in [0.15, 0.2) is 5.96 Å². The number of rotatable bonds is 9. The van der Waals surface area contributed by atoms with Crippen LogP contribution in [-0.2, 0) is 22.9 Å². The zero-order valence-electron chi connectivity index (χ0n) is 16.2. The van der Waals surface area contributed by atoms with Crippen LogP contribution < -0.4 is 10.6 Å². The van der Waals surface area contributed by atoms with Gasteiger partial charge in [0.2, 0.25) is 0 Å². The van der Waals surface area contributed by atoms with E-state index in [2.05, 4.69) is 32.9 Å². The van der Waals surface area contributed by atoms with Crippen molar-refractivity contribution in [2.24, 2.45) is 4.99 Å². The first-order valence-electron chi connectivity index (χ1n) is 9.13.